The number of benzene rings is 1. The zero-order chi connectivity index (χ0) is 15.7. The van der Waals surface area contributed by atoms with Crippen molar-refractivity contribution in [1.29, 1.82) is 0 Å². The monoisotopic (exact) mass is 299 g/mol. The van der Waals surface area contributed by atoms with Gasteiger partial charge in [0.25, 0.3) is 0 Å². The Morgan fingerprint density at radius 2 is 1.95 bits per heavy atom. The van der Waals surface area contributed by atoms with Crippen LogP contribution in [0.25, 0.3) is 0 Å². The smallest absolute Gasteiger partial charge is 0.191 e. The van der Waals surface area contributed by atoms with E-state index in [1.54, 1.807) is 7.05 Å². The minimum Gasteiger partial charge on any atom is -0.489 e. The lowest BCUT2D eigenvalue weighted by Crippen LogP contribution is -2.39. The number of nitrogens with one attached hydrogen (secondary N) is 2. The van der Waals surface area contributed by atoms with Crippen molar-refractivity contribution in [3.8, 4) is 5.75 Å². The van der Waals surface area contributed by atoms with Gasteiger partial charge in [0.15, 0.2) is 17.5 Å². The van der Waals surface area contributed by atoms with Crippen LogP contribution in [-0.4, -0.2) is 32.7 Å². The quantitative estimate of drug-likeness (QED) is 0.462. The summed E-state index contributed by atoms with van der Waals surface area (Å²) >= 11 is 0. The minimum absolute atomic E-state index is 0.0426. The molecule has 0 bridgehead atoms. The molecule has 4 nitrogen and oxygen atoms in total. The van der Waals surface area contributed by atoms with Gasteiger partial charge in [-0.3, -0.25) is 4.99 Å². The molecule has 0 aliphatic carbocycles. The molecule has 0 amide bonds. The Hall–Kier alpha value is -1.85. The van der Waals surface area contributed by atoms with Crippen LogP contribution in [0.15, 0.2) is 23.2 Å². The van der Waals surface area contributed by atoms with E-state index in [-0.39, 0.29) is 12.4 Å². The summed E-state index contributed by atoms with van der Waals surface area (Å²) in [5.41, 5.74) is 0. The Morgan fingerprint density at radius 3 is 2.57 bits per heavy atom. The van der Waals surface area contributed by atoms with Crippen molar-refractivity contribution in [2.75, 3.05) is 26.7 Å². The second kappa shape index (κ2) is 9.15. The van der Waals surface area contributed by atoms with Gasteiger partial charge < -0.3 is 15.4 Å². The van der Waals surface area contributed by atoms with Crippen LogP contribution in [0.1, 0.15) is 20.3 Å². The standard InChI is InChI=1S/C15H23F2N3O/c1-11(2)6-7-19-15(18-3)20-8-9-21-14-5-4-12(16)10-13(14)17/h4-5,10-11H,6-9H2,1-3H3,(H2,18,19,20). The Labute approximate surface area is 124 Å². The summed E-state index contributed by atoms with van der Waals surface area (Å²) in [6, 6.07) is 3.24. The van der Waals surface area contributed by atoms with Crippen LogP contribution >= 0.6 is 0 Å². The molecule has 21 heavy (non-hydrogen) atoms. The lowest BCUT2D eigenvalue weighted by atomic mass is 10.1. The Balaban J connectivity index is 2.25. The van der Waals surface area contributed by atoms with Crippen LogP contribution in [0.2, 0.25) is 0 Å². The topological polar surface area (TPSA) is 45.7 Å². The first-order valence-electron chi connectivity index (χ1n) is 7.05. The molecule has 0 fully saturated rings. The molecule has 0 atom stereocenters. The van der Waals surface area contributed by atoms with Crippen molar-refractivity contribution >= 4 is 5.96 Å². The van der Waals surface area contributed by atoms with Gasteiger partial charge in [0, 0.05) is 19.7 Å². The van der Waals surface area contributed by atoms with Gasteiger partial charge in [0.2, 0.25) is 0 Å². The SMILES string of the molecule is CN=C(NCCOc1ccc(F)cc1F)NCCC(C)C. The molecule has 0 aromatic heterocycles. The van der Waals surface area contributed by atoms with Gasteiger partial charge in [-0.1, -0.05) is 13.8 Å². The molecular formula is C15H23F2N3O. The van der Waals surface area contributed by atoms with Gasteiger partial charge in [-0.25, -0.2) is 8.78 Å². The fraction of sp³-hybridized carbons (Fsp3) is 0.533. The number of nitrogens with zero attached hydrogens (tertiary/aromatic N) is 1. The molecule has 1 rings (SSSR count). The van der Waals surface area contributed by atoms with E-state index >= 15 is 0 Å². The molecule has 0 radical (unpaired) electrons. The molecule has 0 spiro atoms. The van der Waals surface area contributed by atoms with E-state index in [9.17, 15) is 8.78 Å². The first-order valence-corrected chi connectivity index (χ1v) is 7.05. The van der Waals surface area contributed by atoms with Crippen molar-refractivity contribution in [3.63, 3.8) is 0 Å². The number of rotatable bonds is 7. The van der Waals surface area contributed by atoms with Crippen molar-refractivity contribution in [3.05, 3.63) is 29.8 Å². The lowest BCUT2D eigenvalue weighted by molar-refractivity contribution is 0.304. The minimum atomic E-state index is -0.700. The van der Waals surface area contributed by atoms with E-state index in [0.717, 1.165) is 25.1 Å². The van der Waals surface area contributed by atoms with Crippen LogP contribution in [0.3, 0.4) is 0 Å². The van der Waals surface area contributed by atoms with Crippen LogP contribution in [0, 0.1) is 17.6 Å². The summed E-state index contributed by atoms with van der Waals surface area (Å²) in [6.07, 6.45) is 1.05. The van der Waals surface area contributed by atoms with E-state index in [0.29, 0.717) is 18.4 Å². The largest absolute Gasteiger partial charge is 0.489 e. The van der Waals surface area contributed by atoms with Gasteiger partial charge in [0.05, 0.1) is 6.54 Å². The average molecular weight is 299 g/mol. The van der Waals surface area contributed by atoms with Crippen molar-refractivity contribution in [1.82, 2.24) is 10.6 Å². The second-order valence-electron chi connectivity index (χ2n) is 5.03. The number of hydrogen-bond acceptors (Lipinski definition) is 2. The van der Waals surface area contributed by atoms with E-state index in [2.05, 4.69) is 29.5 Å². The molecule has 0 saturated heterocycles. The molecule has 118 valence electrons. The maximum atomic E-state index is 13.3. The summed E-state index contributed by atoms with van der Waals surface area (Å²) in [5.74, 6) is 0.0299. The van der Waals surface area contributed by atoms with Crippen LogP contribution in [0.5, 0.6) is 5.75 Å². The number of halogens is 2. The van der Waals surface area contributed by atoms with Gasteiger partial charge in [-0.15, -0.1) is 0 Å². The highest BCUT2D eigenvalue weighted by molar-refractivity contribution is 5.79. The number of guanidine groups is 1. The van der Waals surface area contributed by atoms with Gasteiger partial charge in [0.1, 0.15) is 12.4 Å². The molecule has 1 aromatic carbocycles. The molecule has 0 heterocycles. The van der Waals surface area contributed by atoms with Gasteiger partial charge >= 0.3 is 0 Å². The molecular weight excluding hydrogens is 276 g/mol. The average Bonchev–Trinajstić information content (AvgIpc) is 2.43. The fourth-order valence-electron chi connectivity index (χ4n) is 1.62. The predicted octanol–water partition coefficient (Wildman–Crippen LogP) is 2.55. The summed E-state index contributed by atoms with van der Waals surface area (Å²) in [7, 11) is 1.69. The van der Waals surface area contributed by atoms with Crippen molar-refractivity contribution in [2.24, 2.45) is 10.9 Å². The molecule has 0 saturated carbocycles. The highest BCUT2D eigenvalue weighted by Crippen LogP contribution is 2.17. The molecule has 2 N–H and O–H groups in total. The van der Waals surface area contributed by atoms with Crippen LogP contribution in [-0.2, 0) is 0 Å². The number of hydrogen-bond donors (Lipinski definition) is 2. The zero-order valence-corrected chi connectivity index (χ0v) is 12.7. The molecule has 6 heteroatoms. The highest BCUT2D eigenvalue weighted by Gasteiger charge is 2.04. The van der Waals surface area contributed by atoms with Crippen LogP contribution < -0.4 is 15.4 Å². The third-order valence-corrected chi connectivity index (χ3v) is 2.78. The third kappa shape index (κ3) is 6.92. The number of ether oxygens (including phenoxy) is 1. The maximum absolute atomic E-state index is 13.3. The maximum Gasteiger partial charge on any atom is 0.191 e. The zero-order valence-electron chi connectivity index (χ0n) is 12.7. The van der Waals surface area contributed by atoms with E-state index in [1.807, 2.05) is 0 Å². The lowest BCUT2D eigenvalue weighted by Gasteiger charge is -2.13. The van der Waals surface area contributed by atoms with E-state index < -0.39 is 11.6 Å². The highest BCUT2D eigenvalue weighted by atomic mass is 19.1. The normalized spacial score (nSPS) is 11.6. The Morgan fingerprint density at radius 1 is 1.24 bits per heavy atom. The summed E-state index contributed by atoms with van der Waals surface area (Å²) < 4.78 is 31.3. The van der Waals surface area contributed by atoms with E-state index in [4.69, 9.17) is 4.74 Å². The molecule has 1 aromatic rings. The van der Waals surface area contributed by atoms with Crippen LogP contribution in [0.4, 0.5) is 8.78 Å². The van der Waals surface area contributed by atoms with E-state index in [1.165, 1.54) is 6.07 Å². The Kier molecular flexibility index (Phi) is 7.50. The van der Waals surface area contributed by atoms with Gasteiger partial charge in [-0.05, 0) is 24.5 Å². The van der Waals surface area contributed by atoms with Gasteiger partial charge in [-0.2, -0.15) is 0 Å². The van der Waals surface area contributed by atoms with Crippen molar-refractivity contribution in [2.45, 2.75) is 20.3 Å². The first-order chi connectivity index (χ1) is 10.0. The predicted molar refractivity (Wildman–Crippen MR) is 80.7 cm³/mol. The molecule has 0 aliphatic rings. The Bertz CT molecular complexity index is 464. The second-order valence-corrected chi connectivity index (χ2v) is 5.03. The number of aliphatic imine (C=N–C) groups is 1. The van der Waals surface area contributed by atoms with Crippen molar-refractivity contribution < 1.29 is 13.5 Å². The summed E-state index contributed by atoms with van der Waals surface area (Å²) in [4.78, 5) is 4.07. The molecule has 0 unspecified atom stereocenters. The third-order valence-electron chi connectivity index (χ3n) is 2.78. The summed E-state index contributed by atoms with van der Waals surface area (Å²) in [5, 5.41) is 6.24. The molecule has 0 aliphatic heterocycles. The fourth-order valence-corrected chi connectivity index (χ4v) is 1.62. The first kappa shape index (κ1) is 17.2. The summed E-state index contributed by atoms with van der Waals surface area (Å²) in [6.45, 7) is 5.88.